The number of carbonyl (C=O) groups excluding carboxylic acids is 1. The summed E-state index contributed by atoms with van der Waals surface area (Å²) >= 11 is 0. The molecule has 0 heterocycles. The Bertz CT molecular complexity index is 301. The number of hydrogen-bond donors (Lipinski definition) is 1. The van der Waals surface area contributed by atoms with Crippen LogP contribution in [0.1, 0.15) is 27.7 Å². The van der Waals surface area contributed by atoms with E-state index in [2.05, 4.69) is 13.8 Å². The number of phosphoric ester groups is 1. The SMILES string of the molecule is CCOC(=O)COP(=O)([O-])OCC[NH2+]C(C)(C)C. The second kappa shape index (κ2) is 7.86. The van der Waals surface area contributed by atoms with Crippen molar-refractivity contribution < 1.29 is 33.4 Å². The molecule has 0 rings (SSSR count). The lowest BCUT2D eigenvalue weighted by molar-refractivity contribution is -0.717. The molecule has 7 nitrogen and oxygen atoms in total. The molecule has 0 fully saturated rings. The van der Waals surface area contributed by atoms with Gasteiger partial charge in [-0.15, -0.1) is 0 Å². The van der Waals surface area contributed by atoms with Crippen molar-refractivity contribution in [1.29, 1.82) is 0 Å². The van der Waals surface area contributed by atoms with Crippen molar-refractivity contribution >= 4 is 13.8 Å². The van der Waals surface area contributed by atoms with Crippen LogP contribution in [-0.4, -0.2) is 37.9 Å². The van der Waals surface area contributed by atoms with E-state index in [1.807, 2.05) is 26.1 Å². The van der Waals surface area contributed by atoms with Gasteiger partial charge in [0.15, 0.2) is 6.61 Å². The molecule has 108 valence electrons. The Morgan fingerprint density at radius 2 is 1.94 bits per heavy atom. The van der Waals surface area contributed by atoms with Gasteiger partial charge in [-0.25, -0.2) is 4.79 Å². The summed E-state index contributed by atoms with van der Waals surface area (Å²) in [5.74, 6) is -0.738. The van der Waals surface area contributed by atoms with Gasteiger partial charge in [-0.3, -0.25) is 4.57 Å². The van der Waals surface area contributed by atoms with Gasteiger partial charge in [0.2, 0.25) is 0 Å². The summed E-state index contributed by atoms with van der Waals surface area (Å²) in [6, 6.07) is 0. The molecule has 1 atom stereocenters. The Morgan fingerprint density at radius 3 is 2.44 bits per heavy atom. The molecule has 0 aromatic rings. The van der Waals surface area contributed by atoms with E-state index in [0.717, 1.165) is 0 Å². The predicted octanol–water partition coefficient (Wildman–Crippen LogP) is -0.587. The van der Waals surface area contributed by atoms with Gasteiger partial charge in [0, 0.05) is 0 Å². The van der Waals surface area contributed by atoms with Crippen molar-refractivity contribution in [2.75, 3.05) is 26.4 Å². The second-order valence-corrected chi connectivity index (χ2v) is 6.13. The molecular formula is C10H22NO6P. The number of ether oxygens (including phenoxy) is 1. The molecule has 18 heavy (non-hydrogen) atoms. The van der Waals surface area contributed by atoms with Gasteiger partial charge >= 0.3 is 5.97 Å². The summed E-state index contributed by atoms with van der Waals surface area (Å²) in [6.07, 6.45) is 0. The minimum atomic E-state index is -4.42. The highest BCUT2D eigenvalue weighted by Crippen LogP contribution is 2.37. The van der Waals surface area contributed by atoms with Gasteiger partial charge in [-0.2, -0.15) is 0 Å². The number of rotatable bonds is 8. The standard InChI is InChI=1S/C10H22NO6P/c1-5-15-9(12)8-17-18(13,14)16-7-6-11-10(2,3)4/h11H,5-8H2,1-4H3,(H,13,14). The molecular weight excluding hydrogens is 261 g/mol. The maximum Gasteiger partial charge on any atom is 0.332 e. The average Bonchev–Trinajstić information content (AvgIpc) is 2.21. The molecule has 1 unspecified atom stereocenters. The normalized spacial score (nSPS) is 15.2. The summed E-state index contributed by atoms with van der Waals surface area (Å²) in [4.78, 5) is 22.1. The number of quaternary nitrogens is 1. The van der Waals surface area contributed by atoms with Crippen LogP contribution in [0, 0.1) is 0 Å². The summed E-state index contributed by atoms with van der Waals surface area (Å²) in [6.45, 7) is 7.63. The Morgan fingerprint density at radius 1 is 1.33 bits per heavy atom. The zero-order valence-electron chi connectivity index (χ0n) is 11.3. The quantitative estimate of drug-likeness (QED) is 0.363. The molecule has 0 saturated carbocycles. The molecule has 0 aliphatic carbocycles. The topological polar surface area (TPSA) is 102 Å². The highest BCUT2D eigenvalue weighted by Gasteiger charge is 2.15. The summed E-state index contributed by atoms with van der Waals surface area (Å²) in [5, 5.41) is 1.94. The molecule has 0 bridgehead atoms. The first-order valence-electron chi connectivity index (χ1n) is 5.76. The first kappa shape index (κ1) is 17.5. The number of phosphoric acid groups is 1. The number of esters is 1. The average molecular weight is 283 g/mol. The van der Waals surface area contributed by atoms with E-state index in [9.17, 15) is 14.3 Å². The van der Waals surface area contributed by atoms with Crippen LogP contribution < -0.4 is 10.2 Å². The lowest BCUT2D eigenvalue weighted by Crippen LogP contribution is -2.95. The van der Waals surface area contributed by atoms with Crippen LogP contribution in [0.4, 0.5) is 0 Å². The van der Waals surface area contributed by atoms with Gasteiger partial charge < -0.3 is 24.0 Å². The largest absolute Gasteiger partial charge is 0.756 e. The third-order valence-corrected chi connectivity index (χ3v) is 2.71. The summed E-state index contributed by atoms with van der Waals surface area (Å²) in [7, 11) is -4.42. The van der Waals surface area contributed by atoms with Crippen molar-refractivity contribution in [3.8, 4) is 0 Å². The maximum atomic E-state index is 11.2. The fourth-order valence-electron chi connectivity index (χ4n) is 1.03. The van der Waals surface area contributed by atoms with Crippen molar-refractivity contribution in [1.82, 2.24) is 0 Å². The van der Waals surface area contributed by atoms with Crippen molar-refractivity contribution in [2.45, 2.75) is 33.2 Å². The molecule has 0 aliphatic heterocycles. The number of hydrogen-bond acceptors (Lipinski definition) is 6. The van der Waals surface area contributed by atoms with E-state index in [1.54, 1.807) is 6.92 Å². The molecule has 0 amide bonds. The Hall–Kier alpha value is -0.460. The summed E-state index contributed by atoms with van der Waals surface area (Å²) in [5.41, 5.74) is 0.00201. The van der Waals surface area contributed by atoms with Gasteiger partial charge in [0.25, 0.3) is 7.82 Å². The van der Waals surface area contributed by atoms with Gasteiger partial charge in [0.05, 0.1) is 12.1 Å². The van der Waals surface area contributed by atoms with Gasteiger partial charge in [-0.05, 0) is 27.7 Å². The van der Waals surface area contributed by atoms with Crippen LogP contribution in [0.3, 0.4) is 0 Å². The Balaban J connectivity index is 3.80. The second-order valence-electron chi connectivity index (χ2n) is 4.72. The predicted molar refractivity (Wildman–Crippen MR) is 62.7 cm³/mol. The first-order valence-corrected chi connectivity index (χ1v) is 7.22. The lowest BCUT2D eigenvalue weighted by atomic mass is 10.1. The van der Waals surface area contributed by atoms with Gasteiger partial charge in [0.1, 0.15) is 13.2 Å². The minimum absolute atomic E-state index is 0.000866. The maximum absolute atomic E-state index is 11.2. The molecule has 0 saturated heterocycles. The van der Waals surface area contributed by atoms with Crippen LogP contribution in [0.15, 0.2) is 0 Å². The van der Waals surface area contributed by atoms with Crippen molar-refractivity contribution in [2.24, 2.45) is 0 Å². The molecule has 0 aromatic heterocycles. The van der Waals surface area contributed by atoms with E-state index < -0.39 is 20.4 Å². The van der Waals surface area contributed by atoms with Gasteiger partial charge in [-0.1, -0.05) is 0 Å². The van der Waals surface area contributed by atoms with Crippen LogP contribution in [0.2, 0.25) is 0 Å². The molecule has 0 aliphatic rings. The van der Waals surface area contributed by atoms with Crippen molar-refractivity contribution in [3.05, 3.63) is 0 Å². The lowest BCUT2D eigenvalue weighted by Gasteiger charge is -2.23. The number of carbonyl (C=O) groups is 1. The third kappa shape index (κ3) is 10.7. The highest BCUT2D eigenvalue weighted by molar-refractivity contribution is 7.45. The minimum Gasteiger partial charge on any atom is -0.756 e. The zero-order valence-corrected chi connectivity index (χ0v) is 12.2. The Labute approximate surface area is 107 Å². The monoisotopic (exact) mass is 283 g/mol. The first-order chi connectivity index (χ1) is 8.16. The van der Waals surface area contributed by atoms with E-state index in [0.29, 0.717) is 6.54 Å². The third-order valence-electron chi connectivity index (χ3n) is 1.77. The smallest absolute Gasteiger partial charge is 0.332 e. The fraction of sp³-hybridized carbons (Fsp3) is 0.900. The van der Waals surface area contributed by atoms with E-state index in [1.165, 1.54) is 0 Å². The van der Waals surface area contributed by atoms with Crippen LogP contribution in [-0.2, 0) is 23.1 Å². The highest BCUT2D eigenvalue weighted by atomic mass is 31.2. The molecule has 0 aromatic carbocycles. The molecule has 0 spiro atoms. The number of nitrogens with two attached hydrogens (primary N) is 1. The molecule has 8 heteroatoms. The van der Waals surface area contributed by atoms with E-state index in [4.69, 9.17) is 0 Å². The van der Waals surface area contributed by atoms with Crippen LogP contribution in [0.25, 0.3) is 0 Å². The van der Waals surface area contributed by atoms with Crippen LogP contribution in [0.5, 0.6) is 0 Å². The van der Waals surface area contributed by atoms with E-state index in [-0.39, 0.29) is 18.8 Å². The zero-order chi connectivity index (χ0) is 14.2. The molecule has 0 radical (unpaired) electrons. The Kier molecular flexibility index (Phi) is 7.66. The van der Waals surface area contributed by atoms with Crippen molar-refractivity contribution in [3.63, 3.8) is 0 Å². The van der Waals surface area contributed by atoms with Crippen LogP contribution >= 0.6 is 7.82 Å². The molecule has 2 N–H and O–H groups in total. The fourth-order valence-corrected chi connectivity index (χ4v) is 1.70. The van der Waals surface area contributed by atoms with E-state index >= 15 is 0 Å². The summed E-state index contributed by atoms with van der Waals surface area (Å²) < 4.78 is 24.7.